The second-order valence-electron chi connectivity index (χ2n) is 4.89. The summed E-state index contributed by atoms with van der Waals surface area (Å²) in [5.41, 5.74) is 5.36. The molecule has 0 aromatic rings. The summed E-state index contributed by atoms with van der Waals surface area (Å²) in [4.78, 5) is 33.0. The number of ketones is 1. The van der Waals surface area contributed by atoms with E-state index in [4.69, 9.17) is 10.8 Å². The Morgan fingerprint density at radius 2 is 1.75 bits per heavy atom. The quantitative estimate of drug-likeness (QED) is 0.467. The summed E-state index contributed by atoms with van der Waals surface area (Å²) >= 11 is 0. The summed E-state index contributed by atoms with van der Waals surface area (Å²) in [6, 6.07) is -0.818. The van der Waals surface area contributed by atoms with Crippen LogP contribution in [0.1, 0.15) is 58.3 Å². The number of unbranched alkanes of at least 4 members (excludes halogenated alkanes) is 2. The molecule has 1 unspecified atom stereocenters. The summed E-state index contributed by atoms with van der Waals surface area (Å²) < 4.78 is 0. The van der Waals surface area contributed by atoms with Crippen LogP contribution in [0.4, 0.5) is 0 Å². The Labute approximate surface area is 120 Å². The van der Waals surface area contributed by atoms with Crippen LogP contribution in [0, 0.1) is 0 Å². The molecule has 0 aliphatic heterocycles. The van der Waals surface area contributed by atoms with Gasteiger partial charge in [-0.3, -0.25) is 14.4 Å². The second-order valence-corrected chi connectivity index (χ2v) is 4.89. The number of carboxylic acid groups (broad SMARTS) is 1. The van der Waals surface area contributed by atoms with Crippen LogP contribution < -0.4 is 11.1 Å². The maximum atomic E-state index is 11.4. The van der Waals surface area contributed by atoms with E-state index in [9.17, 15) is 14.4 Å². The lowest BCUT2D eigenvalue weighted by atomic mass is 10.1. The van der Waals surface area contributed by atoms with Gasteiger partial charge >= 0.3 is 5.97 Å². The molecule has 0 saturated carbocycles. The van der Waals surface area contributed by atoms with Gasteiger partial charge in [-0.1, -0.05) is 6.92 Å². The van der Waals surface area contributed by atoms with Crippen molar-refractivity contribution in [3.8, 4) is 0 Å². The standard InChI is InChI=1S/C14H26N2O4/c1-2-11(17)7-3-4-9-13(18)16-10-6-5-8-12(15)14(19)20/h12H,2-10,15H2,1H3,(H,16,18)(H,19,20). The van der Waals surface area contributed by atoms with E-state index in [-0.39, 0.29) is 11.7 Å². The first kappa shape index (κ1) is 18.6. The number of carbonyl (C=O) groups excluding carboxylic acids is 2. The molecule has 0 bridgehead atoms. The van der Waals surface area contributed by atoms with Gasteiger partial charge in [0.05, 0.1) is 0 Å². The third-order valence-corrected chi connectivity index (χ3v) is 3.09. The van der Waals surface area contributed by atoms with Crippen molar-refractivity contribution < 1.29 is 19.5 Å². The van der Waals surface area contributed by atoms with Gasteiger partial charge in [-0.05, 0) is 32.1 Å². The van der Waals surface area contributed by atoms with Crippen molar-refractivity contribution in [2.24, 2.45) is 5.73 Å². The predicted molar refractivity (Wildman–Crippen MR) is 76.2 cm³/mol. The Morgan fingerprint density at radius 3 is 2.35 bits per heavy atom. The average molecular weight is 286 g/mol. The third kappa shape index (κ3) is 10.5. The summed E-state index contributed by atoms with van der Waals surface area (Å²) in [5, 5.41) is 11.4. The molecule has 1 atom stereocenters. The summed E-state index contributed by atoms with van der Waals surface area (Å²) in [6.45, 7) is 2.38. The molecule has 0 aliphatic carbocycles. The molecule has 0 rings (SSSR count). The van der Waals surface area contributed by atoms with E-state index in [0.29, 0.717) is 38.6 Å². The van der Waals surface area contributed by atoms with Crippen LogP contribution in [0.15, 0.2) is 0 Å². The Hall–Kier alpha value is -1.43. The Bertz CT molecular complexity index is 318. The number of hydrogen-bond donors (Lipinski definition) is 3. The van der Waals surface area contributed by atoms with E-state index in [2.05, 4.69) is 5.32 Å². The van der Waals surface area contributed by atoms with Gasteiger partial charge in [0.1, 0.15) is 11.8 Å². The first-order valence-electron chi connectivity index (χ1n) is 7.24. The number of rotatable bonds is 12. The Balaban J connectivity index is 3.41. The van der Waals surface area contributed by atoms with Crippen LogP contribution in [-0.2, 0) is 14.4 Å². The van der Waals surface area contributed by atoms with Gasteiger partial charge in [0.15, 0.2) is 0 Å². The Kier molecular flexibility index (Phi) is 10.6. The molecule has 1 amide bonds. The normalized spacial score (nSPS) is 11.9. The van der Waals surface area contributed by atoms with Gasteiger partial charge in [-0.2, -0.15) is 0 Å². The largest absolute Gasteiger partial charge is 0.480 e. The summed E-state index contributed by atoms with van der Waals surface area (Å²) in [5.74, 6) is -0.771. The molecule has 0 spiro atoms. The van der Waals surface area contributed by atoms with E-state index < -0.39 is 12.0 Å². The zero-order valence-corrected chi connectivity index (χ0v) is 12.2. The molecule has 0 radical (unpaired) electrons. The number of Topliss-reactive ketones (excluding diaryl/α,β-unsaturated/α-hetero) is 1. The highest BCUT2D eigenvalue weighted by molar-refractivity contribution is 5.78. The smallest absolute Gasteiger partial charge is 0.320 e. The molecule has 0 saturated heterocycles. The van der Waals surface area contributed by atoms with Gasteiger partial charge in [-0.15, -0.1) is 0 Å². The first-order chi connectivity index (χ1) is 9.47. The fourth-order valence-corrected chi connectivity index (χ4v) is 1.71. The van der Waals surface area contributed by atoms with E-state index in [1.807, 2.05) is 6.92 Å². The zero-order chi connectivity index (χ0) is 15.4. The predicted octanol–water partition coefficient (Wildman–Crippen LogP) is 1.22. The fourth-order valence-electron chi connectivity index (χ4n) is 1.71. The van der Waals surface area contributed by atoms with Crippen molar-refractivity contribution >= 4 is 17.7 Å². The molecular weight excluding hydrogens is 260 g/mol. The minimum absolute atomic E-state index is 0.0171. The molecule has 116 valence electrons. The lowest BCUT2D eigenvalue weighted by Crippen LogP contribution is -2.30. The van der Waals surface area contributed by atoms with Crippen LogP contribution in [0.2, 0.25) is 0 Å². The number of carboxylic acids is 1. The molecule has 0 aromatic heterocycles. The van der Waals surface area contributed by atoms with Gasteiger partial charge < -0.3 is 16.2 Å². The molecule has 4 N–H and O–H groups in total. The number of nitrogens with one attached hydrogen (secondary N) is 1. The van der Waals surface area contributed by atoms with Crippen LogP contribution in [0.5, 0.6) is 0 Å². The van der Waals surface area contributed by atoms with Gasteiger partial charge in [0, 0.05) is 25.8 Å². The monoisotopic (exact) mass is 286 g/mol. The number of amides is 1. The second kappa shape index (κ2) is 11.4. The molecule has 0 aromatic carbocycles. The van der Waals surface area contributed by atoms with Crippen molar-refractivity contribution in [1.29, 1.82) is 0 Å². The minimum Gasteiger partial charge on any atom is -0.480 e. The van der Waals surface area contributed by atoms with Gasteiger partial charge in [0.25, 0.3) is 0 Å². The average Bonchev–Trinajstić information content (AvgIpc) is 2.42. The lowest BCUT2D eigenvalue weighted by Gasteiger charge is -2.07. The summed E-state index contributed by atoms with van der Waals surface area (Å²) in [7, 11) is 0. The van der Waals surface area contributed by atoms with Crippen molar-refractivity contribution in [2.45, 2.75) is 64.3 Å². The molecule has 20 heavy (non-hydrogen) atoms. The highest BCUT2D eigenvalue weighted by atomic mass is 16.4. The molecular formula is C14H26N2O4. The van der Waals surface area contributed by atoms with Crippen molar-refractivity contribution in [3.63, 3.8) is 0 Å². The Morgan fingerprint density at radius 1 is 1.10 bits per heavy atom. The molecule has 6 nitrogen and oxygen atoms in total. The van der Waals surface area contributed by atoms with Gasteiger partial charge in [-0.25, -0.2) is 0 Å². The maximum absolute atomic E-state index is 11.4. The van der Waals surface area contributed by atoms with Crippen molar-refractivity contribution in [3.05, 3.63) is 0 Å². The lowest BCUT2D eigenvalue weighted by molar-refractivity contribution is -0.138. The number of aliphatic carboxylic acids is 1. The number of nitrogens with two attached hydrogens (primary N) is 1. The van der Waals surface area contributed by atoms with E-state index >= 15 is 0 Å². The van der Waals surface area contributed by atoms with E-state index in [1.165, 1.54) is 0 Å². The fraction of sp³-hybridized carbons (Fsp3) is 0.786. The van der Waals surface area contributed by atoms with Crippen molar-refractivity contribution in [1.82, 2.24) is 5.32 Å². The van der Waals surface area contributed by atoms with E-state index in [0.717, 1.165) is 19.3 Å². The van der Waals surface area contributed by atoms with Gasteiger partial charge in [0.2, 0.25) is 5.91 Å². The molecule has 0 heterocycles. The maximum Gasteiger partial charge on any atom is 0.320 e. The van der Waals surface area contributed by atoms with E-state index in [1.54, 1.807) is 0 Å². The topological polar surface area (TPSA) is 109 Å². The van der Waals surface area contributed by atoms with Crippen LogP contribution in [-0.4, -0.2) is 35.4 Å². The van der Waals surface area contributed by atoms with Crippen LogP contribution >= 0.6 is 0 Å². The molecule has 0 fully saturated rings. The highest BCUT2D eigenvalue weighted by Crippen LogP contribution is 2.03. The first-order valence-corrected chi connectivity index (χ1v) is 7.24. The third-order valence-electron chi connectivity index (χ3n) is 3.09. The SMILES string of the molecule is CCC(=O)CCCCC(=O)NCCCCC(N)C(=O)O. The zero-order valence-electron chi connectivity index (χ0n) is 12.2. The van der Waals surface area contributed by atoms with Crippen LogP contribution in [0.25, 0.3) is 0 Å². The minimum atomic E-state index is -0.990. The molecule has 0 aliphatic rings. The van der Waals surface area contributed by atoms with Crippen LogP contribution in [0.3, 0.4) is 0 Å². The number of hydrogen-bond acceptors (Lipinski definition) is 4. The number of carbonyl (C=O) groups is 3. The molecule has 6 heteroatoms. The van der Waals surface area contributed by atoms with Crippen molar-refractivity contribution in [2.75, 3.05) is 6.54 Å². The highest BCUT2D eigenvalue weighted by Gasteiger charge is 2.10. The summed E-state index contributed by atoms with van der Waals surface area (Å²) in [6.07, 6.45) is 4.85.